The number of hydrogen-bond acceptors (Lipinski definition) is 4. The Morgan fingerprint density at radius 3 is 2.52 bits per heavy atom. The number of aromatic nitrogens is 1. The molecule has 0 spiro atoms. The van der Waals surface area contributed by atoms with E-state index in [0.717, 1.165) is 29.8 Å². The van der Waals surface area contributed by atoms with Crippen LogP contribution in [0.2, 0.25) is 0 Å². The van der Waals surface area contributed by atoms with Gasteiger partial charge in [-0.15, -0.1) is 0 Å². The summed E-state index contributed by atoms with van der Waals surface area (Å²) in [6.45, 7) is 1.42. The molecule has 0 unspecified atom stereocenters. The van der Waals surface area contributed by atoms with E-state index < -0.39 is 0 Å². The smallest absolute Gasteiger partial charge is 0.354 e. The van der Waals surface area contributed by atoms with Gasteiger partial charge in [-0.2, -0.15) is 0 Å². The molecule has 0 amide bonds. The fourth-order valence-electron chi connectivity index (χ4n) is 2.60. The summed E-state index contributed by atoms with van der Waals surface area (Å²) in [4.78, 5) is 12.0. The van der Waals surface area contributed by atoms with Crippen molar-refractivity contribution in [1.82, 2.24) is 4.57 Å². The van der Waals surface area contributed by atoms with Gasteiger partial charge in [0.05, 0.1) is 19.9 Å². The van der Waals surface area contributed by atoms with E-state index in [1.54, 1.807) is 20.3 Å². The van der Waals surface area contributed by atoms with Crippen LogP contribution < -0.4 is 4.74 Å². The number of rotatable bonds is 8. The zero-order chi connectivity index (χ0) is 16.7. The fourth-order valence-corrected chi connectivity index (χ4v) is 2.60. The minimum absolute atomic E-state index is 0.335. The van der Waals surface area contributed by atoms with Crippen LogP contribution in [-0.4, -0.2) is 38.5 Å². The maximum absolute atomic E-state index is 12.0. The lowest BCUT2D eigenvalue weighted by Gasteiger charge is -2.14. The Morgan fingerprint density at radius 2 is 1.83 bits per heavy atom. The van der Waals surface area contributed by atoms with Crippen molar-refractivity contribution in [2.24, 2.45) is 0 Å². The van der Waals surface area contributed by atoms with Gasteiger partial charge in [0.25, 0.3) is 0 Å². The molecule has 2 rings (SSSR count). The first-order valence-corrected chi connectivity index (χ1v) is 7.63. The number of unbranched alkanes of at least 4 members (excludes halogenated alkanes) is 1. The second-order valence-corrected chi connectivity index (χ2v) is 5.15. The minimum atomic E-state index is -0.335. The summed E-state index contributed by atoms with van der Waals surface area (Å²) >= 11 is 0. The van der Waals surface area contributed by atoms with Gasteiger partial charge < -0.3 is 18.8 Å². The molecule has 124 valence electrons. The molecule has 0 saturated heterocycles. The standard InChI is InChI=1S/C18H23NO4/c1-21-13-7-6-12-19-15(10-11-16(19)18(20)23-3)14-8-4-5-9-17(14)22-2/h4-5,8-11H,6-7,12-13H2,1-3H3. The Kier molecular flexibility index (Phi) is 6.23. The van der Waals surface area contributed by atoms with Gasteiger partial charge in [0, 0.05) is 25.8 Å². The molecule has 5 heteroatoms. The van der Waals surface area contributed by atoms with Gasteiger partial charge in [-0.1, -0.05) is 12.1 Å². The van der Waals surface area contributed by atoms with Gasteiger partial charge in [-0.05, 0) is 37.1 Å². The molecule has 1 aromatic carbocycles. The number of esters is 1. The van der Waals surface area contributed by atoms with E-state index in [2.05, 4.69) is 0 Å². The molecule has 0 aliphatic heterocycles. The molecule has 2 aromatic rings. The molecule has 5 nitrogen and oxygen atoms in total. The highest BCUT2D eigenvalue weighted by Crippen LogP contribution is 2.31. The molecule has 0 bridgehead atoms. The van der Waals surface area contributed by atoms with Crippen molar-refractivity contribution < 1.29 is 19.0 Å². The molecule has 0 radical (unpaired) electrons. The quantitative estimate of drug-likeness (QED) is 0.553. The first kappa shape index (κ1) is 17.1. The SMILES string of the molecule is COCCCCn1c(C(=O)OC)ccc1-c1ccccc1OC. The molecule has 1 aromatic heterocycles. The third-order valence-corrected chi connectivity index (χ3v) is 3.74. The second kappa shape index (κ2) is 8.39. The number of nitrogens with zero attached hydrogens (tertiary/aromatic N) is 1. The maximum Gasteiger partial charge on any atom is 0.354 e. The highest BCUT2D eigenvalue weighted by atomic mass is 16.5. The van der Waals surface area contributed by atoms with Crippen LogP contribution >= 0.6 is 0 Å². The Balaban J connectivity index is 2.38. The van der Waals surface area contributed by atoms with E-state index in [0.29, 0.717) is 18.8 Å². The van der Waals surface area contributed by atoms with Gasteiger partial charge >= 0.3 is 5.97 Å². The van der Waals surface area contributed by atoms with Crippen LogP contribution in [-0.2, 0) is 16.0 Å². The van der Waals surface area contributed by atoms with Crippen molar-refractivity contribution in [2.45, 2.75) is 19.4 Å². The third-order valence-electron chi connectivity index (χ3n) is 3.74. The molecule has 0 aliphatic rings. The summed E-state index contributed by atoms with van der Waals surface area (Å²) in [5.74, 6) is 0.443. The average molecular weight is 317 g/mol. The Hall–Kier alpha value is -2.27. The van der Waals surface area contributed by atoms with Gasteiger partial charge in [0.1, 0.15) is 11.4 Å². The van der Waals surface area contributed by atoms with Crippen LogP contribution in [0.15, 0.2) is 36.4 Å². The number of hydrogen-bond donors (Lipinski definition) is 0. The number of carbonyl (C=O) groups is 1. The number of methoxy groups -OCH3 is 3. The molecule has 0 saturated carbocycles. The maximum atomic E-state index is 12.0. The van der Waals surface area contributed by atoms with E-state index >= 15 is 0 Å². The number of para-hydroxylation sites is 1. The molecule has 0 aliphatic carbocycles. The number of ether oxygens (including phenoxy) is 3. The van der Waals surface area contributed by atoms with Crippen molar-refractivity contribution in [3.05, 3.63) is 42.1 Å². The predicted molar refractivity (Wildman–Crippen MR) is 88.9 cm³/mol. The van der Waals surface area contributed by atoms with Gasteiger partial charge in [-0.25, -0.2) is 4.79 Å². The second-order valence-electron chi connectivity index (χ2n) is 5.15. The topological polar surface area (TPSA) is 49.7 Å². The Labute approximate surface area is 136 Å². The minimum Gasteiger partial charge on any atom is -0.496 e. The third kappa shape index (κ3) is 3.93. The van der Waals surface area contributed by atoms with Crippen molar-refractivity contribution in [2.75, 3.05) is 27.9 Å². The van der Waals surface area contributed by atoms with Crippen molar-refractivity contribution in [1.29, 1.82) is 0 Å². The fraction of sp³-hybridized carbons (Fsp3) is 0.389. The van der Waals surface area contributed by atoms with Crippen LogP contribution in [0.1, 0.15) is 23.3 Å². The Bertz CT molecular complexity index is 648. The van der Waals surface area contributed by atoms with Crippen LogP contribution in [0.5, 0.6) is 5.75 Å². The van der Waals surface area contributed by atoms with E-state index in [-0.39, 0.29) is 5.97 Å². The number of benzene rings is 1. The molecule has 23 heavy (non-hydrogen) atoms. The van der Waals surface area contributed by atoms with Crippen molar-refractivity contribution in [3.63, 3.8) is 0 Å². The van der Waals surface area contributed by atoms with E-state index in [9.17, 15) is 4.79 Å². The molecule has 0 fully saturated rings. The zero-order valence-electron chi connectivity index (χ0n) is 13.9. The highest BCUT2D eigenvalue weighted by Gasteiger charge is 2.18. The first-order chi connectivity index (χ1) is 11.2. The van der Waals surface area contributed by atoms with Crippen LogP contribution in [0.3, 0.4) is 0 Å². The molecular weight excluding hydrogens is 294 g/mol. The van der Waals surface area contributed by atoms with Crippen molar-refractivity contribution >= 4 is 5.97 Å². The summed E-state index contributed by atoms with van der Waals surface area (Å²) in [5, 5.41) is 0. The van der Waals surface area contributed by atoms with Crippen LogP contribution in [0.25, 0.3) is 11.3 Å². The van der Waals surface area contributed by atoms with Gasteiger partial charge in [0.2, 0.25) is 0 Å². The van der Waals surface area contributed by atoms with Crippen LogP contribution in [0.4, 0.5) is 0 Å². The monoisotopic (exact) mass is 317 g/mol. The normalized spacial score (nSPS) is 10.6. The van der Waals surface area contributed by atoms with Crippen molar-refractivity contribution in [3.8, 4) is 17.0 Å². The lowest BCUT2D eigenvalue weighted by atomic mass is 10.1. The molecule has 0 N–H and O–H groups in total. The average Bonchev–Trinajstić information content (AvgIpc) is 3.01. The Morgan fingerprint density at radius 1 is 1.04 bits per heavy atom. The lowest BCUT2D eigenvalue weighted by molar-refractivity contribution is 0.0588. The summed E-state index contributed by atoms with van der Waals surface area (Å²) < 4.78 is 17.4. The van der Waals surface area contributed by atoms with Gasteiger partial charge in [0.15, 0.2) is 0 Å². The summed E-state index contributed by atoms with van der Waals surface area (Å²) in [5.41, 5.74) is 2.45. The van der Waals surface area contributed by atoms with E-state index in [1.165, 1.54) is 7.11 Å². The lowest BCUT2D eigenvalue weighted by Crippen LogP contribution is -2.12. The zero-order valence-corrected chi connectivity index (χ0v) is 13.9. The molecule has 1 heterocycles. The van der Waals surface area contributed by atoms with Gasteiger partial charge in [-0.3, -0.25) is 0 Å². The van der Waals surface area contributed by atoms with E-state index in [4.69, 9.17) is 14.2 Å². The largest absolute Gasteiger partial charge is 0.496 e. The first-order valence-electron chi connectivity index (χ1n) is 7.63. The molecular formula is C18H23NO4. The summed E-state index contributed by atoms with van der Waals surface area (Å²) in [6.07, 6.45) is 1.84. The summed E-state index contributed by atoms with van der Waals surface area (Å²) in [7, 11) is 4.73. The summed E-state index contributed by atoms with van der Waals surface area (Å²) in [6, 6.07) is 11.5. The predicted octanol–water partition coefficient (Wildman–Crippen LogP) is 3.38. The van der Waals surface area contributed by atoms with E-state index in [1.807, 2.05) is 34.9 Å². The highest BCUT2D eigenvalue weighted by molar-refractivity contribution is 5.89. The number of carbonyl (C=O) groups excluding carboxylic acids is 1. The molecule has 0 atom stereocenters. The van der Waals surface area contributed by atoms with Crippen LogP contribution in [0, 0.1) is 0 Å².